The number of aromatic nitrogens is 1. The van der Waals surface area contributed by atoms with E-state index in [1.807, 2.05) is 11.8 Å². The first kappa shape index (κ1) is 13.9. The van der Waals surface area contributed by atoms with Gasteiger partial charge in [0.25, 0.3) is 0 Å². The standard InChI is InChI=1S/C17H22N2S/c1-19(2)11-12-20-17-13-7-3-5-9-15(13)18-16-10-6-4-8-14(16)17/h3,5,7,9H,4,6,8,10-12H2,1-2H3. The lowest BCUT2D eigenvalue weighted by Crippen LogP contribution is -2.15. The Bertz CT molecular complexity index is 607. The highest BCUT2D eigenvalue weighted by molar-refractivity contribution is 7.99. The van der Waals surface area contributed by atoms with Crippen molar-refractivity contribution in [2.45, 2.75) is 30.6 Å². The molecule has 1 heterocycles. The molecule has 0 radical (unpaired) electrons. The summed E-state index contributed by atoms with van der Waals surface area (Å²) in [5, 5.41) is 1.34. The lowest BCUT2D eigenvalue weighted by atomic mass is 9.94. The minimum Gasteiger partial charge on any atom is -0.309 e. The first-order chi connectivity index (χ1) is 9.75. The topological polar surface area (TPSA) is 16.1 Å². The van der Waals surface area contributed by atoms with E-state index in [0.29, 0.717) is 0 Å². The van der Waals surface area contributed by atoms with Crippen molar-refractivity contribution in [1.82, 2.24) is 9.88 Å². The molecule has 20 heavy (non-hydrogen) atoms. The summed E-state index contributed by atoms with van der Waals surface area (Å²) in [5.41, 5.74) is 4.04. The Labute approximate surface area is 125 Å². The van der Waals surface area contributed by atoms with Crippen molar-refractivity contribution >= 4 is 22.7 Å². The maximum Gasteiger partial charge on any atom is 0.0716 e. The number of pyridine rings is 1. The molecule has 0 aliphatic heterocycles. The van der Waals surface area contributed by atoms with E-state index >= 15 is 0 Å². The first-order valence-electron chi connectivity index (χ1n) is 7.44. The highest BCUT2D eigenvalue weighted by Crippen LogP contribution is 2.35. The van der Waals surface area contributed by atoms with Crippen LogP contribution in [0.15, 0.2) is 29.2 Å². The molecule has 1 aliphatic carbocycles. The third-order valence-electron chi connectivity index (χ3n) is 3.90. The van der Waals surface area contributed by atoms with Gasteiger partial charge in [0.2, 0.25) is 0 Å². The van der Waals surface area contributed by atoms with Gasteiger partial charge in [-0.25, -0.2) is 0 Å². The van der Waals surface area contributed by atoms with Crippen LogP contribution in [0.2, 0.25) is 0 Å². The summed E-state index contributed by atoms with van der Waals surface area (Å²) in [6.07, 6.45) is 4.97. The average Bonchev–Trinajstić information content (AvgIpc) is 2.46. The quantitative estimate of drug-likeness (QED) is 0.796. The molecule has 2 aromatic rings. The number of benzene rings is 1. The van der Waals surface area contributed by atoms with Gasteiger partial charge in [-0.2, -0.15) is 0 Å². The molecule has 0 fully saturated rings. The molecule has 3 heteroatoms. The van der Waals surface area contributed by atoms with Crippen LogP contribution in [0.3, 0.4) is 0 Å². The van der Waals surface area contributed by atoms with Gasteiger partial charge in [-0.3, -0.25) is 4.98 Å². The Morgan fingerprint density at radius 3 is 2.80 bits per heavy atom. The van der Waals surface area contributed by atoms with Crippen LogP contribution >= 0.6 is 11.8 Å². The van der Waals surface area contributed by atoms with Gasteiger partial charge in [-0.15, -0.1) is 11.8 Å². The fourth-order valence-corrected chi connectivity index (χ4v) is 4.21. The molecule has 0 bridgehead atoms. The molecule has 2 nitrogen and oxygen atoms in total. The van der Waals surface area contributed by atoms with Crippen LogP contribution in [0.4, 0.5) is 0 Å². The van der Waals surface area contributed by atoms with Gasteiger partial charge in [0.15, 0.2) is 0 Å². The maximum atomic E-state index is 4.90. The number of rotatable bonds is 4. The van der Waals surface area contributed by atoms with E-state index in [0.717, 1.165) is 18.7 Å². The van der Waals surface area contributed by atoms with Crippen LogP contribution < -0.4 is 0 Å². The summed E-state index contributed by atoms with van der Waals surface area (Å²) < 4.78 is 0. The van der Waals surface area contributed by atoms with E-state index < -0.39 is 0 Å². The van der Waals surface area contributed by atoms with Gasteiger partial charge >= 0.3 is 0 Å². The van der Waals surface area contributed by atoms with Crippen LogP contribution in [0.5, 0.6) is 0 Å². The Hall–Kier alpha value is -1.06. The fourth-order valence-electron chi connectivity index (χ4n) is 2.82. The molecule has 0 saturated carbocycles. The van der Waals surface area contributed by atoms with Crippen molar-refractivity contribution in [1.29, 1.82) is 0 Å². The third kappa shape index (κ3) is 2.84. The molecule has 0 N–H and O–H groups in total. The predicted octanol–water partition coefficient (Wildman–Crippen LogP) is 3.77. The summed E-state index contributed by atoms with van der Waals surface area (Å²) >= 11 is 2.01. The Kier molecular flexibility index (Phi) is 4.27. The van der Waals surface area contributed by atoms with Crippen molar-refractivity contribution in [3.05, 3.63) is 35.5 Å². The number of fused-ring (bicyclic) bond motifs is 2. The van der Waals surface area contributed by atoms with Gasteiger partial charge < -0.3 is 4.90 Å². The highest BCUT2D eigenvalue weighted by atomic mass is 32.2. The van der Waals surface area contributed by atoms with E-state index in [1.54, 1.807) is 0 Å². The van der Waals surface area contributed by atoms with E-state index in [-0.39, 0.29) is 0 Å². The molecule has 1 aromatic carbocycles. The van der Waals surface area contributed by atoms with Crippen molar-refractivity contribution in [2.24, 2.45) is 0 Å². The summed E-state index contributed by atoms with van der Waals surface area (Å²) in [6, 6.07) is 8.61. The SMILES string of the molecule is CN(C)CCSc1c2c(nc3ccccc13)CCCC2. The number of hydrogen-bond donors (Lipinski definition) is 0. The second kappa shape index (κ2) is 6.15. The summed E-state index contributed by atoms with van der Waals surface area (Å²) in [4.78, 5) is 8.64. The smallest absolute Gasteiger partial charge is 0.0716 e. The normalized spacial score (nSPS) is 14.8. The van der Waals surface area contributed by atoms with Crippen LogP contribution in [0.1, 0.15) is 24.1 Å². The van der Waals surface area contributed by atoms with Crippen molar-refractivity contribution in [2.75, 3.05) is 26.4 Å². The lowest BCUT2D eigenvalue weighted by molar-refractivity contribution is 0.437. The molecular weight excluding hydrogens is 264 g/mol. The Morgan fingerprint density at radius 2 is 1.95 bits per heavy atom. The summed E-state index contributed by atoms with van der Waals surface area (Å²) in [6.45, 7) is 1.12. The molecule has 0 atom stereocenters. The van der Waals surface area contributed by atoms with Crippen LogP contribution in [-0.2, 0) is 12.8 Å². The predicted molar refractivity (Wildman–Crippen MR) is 87.7 cm³/mol. The molecule has 0 amide bonds. The number of hydrogen-bond acceptors (Lipinski definition) is 3. The maximum absolute atomic E-state index is 4.90. The first-order valence-corrected chi connectivity index (χ1v) is 8.42. The van der Waals surface area contributed by atoms with Gasteiger partial charge in [0.1, 0.15) is 0 Å². The van der Waals surface area contributed by atoms with Crippen molar-refractivity contribution in [3.63, 3.8) is 0 Å². The van der Waals surface area contributed by atoms with E-state index in [2.05, 4.69) is 43.3 Å². The molecule has 106 valence electrons. The molecule has 1 aromatic heterocycles. The van der Waals surface area contributed by atoms with Crippen molar-refractivity contribution in [3.8, 4) is 0 Å². The zero-order chi connectivity index (χ0) is 13.9. The molecule has 0 unspecified atom stereocenters. The fraction of sp³-hybridized carbons (Fsp3) is 0.471. The zero-order valence-corrected chi connectivity index (χ0v) is 13.2. The van der Waals surface area contributed by atoms with Crippen LogP contribution in [0.25, 0.3) is 10.9 Å². The number of nitrogens with zero attached hydrogens (tertiary/aromatic N) is 2. The highest BCUT2D eigenvalue weighted by Gasteiger charge is 2.18. The number of para-hydroxylation sites is 1. The Balaban J connectivity index is 2.01. The van der Waals surface area contributed by atoms with E-state index in [9.17, 15) is 0 Å². The van der Waals surface area contributed by atoms with E-state index in [4.69, 9.17) is 4.98 Å². The molecule has 3 rings (SSSR count). The van der Waals surface area contributed by atoms with Crippen LogP contribution in [0, 0.1) is 0 Å². The monoisotopic (exact) mass is 286 g/mol. The minimum atomic E-state index is 1.12. The second-order valence-corrected chi connectivity index (χ2v) is 6.85. The summed E-state index contributed by atoms with van der Waals surface area (Å²) in [5.74, 6) is 1.15. The second-order valence-electron chi connectivity index (χ2n) is 5.74. The number of thioether (sulfide) groups is 1. The van der Waals surface area contributed by atoms with Gasteiger partial charge in [-0.1, -0.05) is 18.2 Å². The van der Waals surface area contributed by atoms with Crippen molar-refractivity contribution < 1.29 is 0 Å². The number of aryl methyl sites for hydroxylation is 1. The molecule has 0 spiro atoms. The van der Waals surface area contributed by atoms with Gasteiger partial charge in [-0.05, 0) is 51.4 Å². The molecule has 0 saturated heterocycles. The van der Waals surface area contributed by atoms with Gasteiger partial charge in [0.05, 0.1) is 5.52 Å². The summed E-state index contributed by atoms with van der Waals surface area (Å²) in [7, 11) is 4.28. The third-order valence-corrected chi connectivity index (χ3v) is 5.04. The molecule has 1 aliphatic rings. The van der Waals surface area contributed by atoms with Crippen LogP contribution in [-0.4, -0.2) is 36.3 Å². The zero-order valence-electron chi connectivity index (χ0n) is 12.4. The Morgan fingerprint density at radius 1 is 1.15 bits per heavy atom. The largest absolute Gasteiger partial charge is 0.309 e. The average molecular weight is 286 g/mol. The van der Waals surface area contributed by atoms with E-state index in [1.165, 1.54) is 46.3 Å². The lowest BCUT2D eigenvalue weighted by Gasteiger charge is -2.20. The molecular formula is C17H22N2S. The minimum absolute atomic E-state index is 1.12. The van der Waals surface area contributed by atoms with Gasteiger partial charge in [0, 0.05) is 28.3 Å².